The van der Waals surface area contributed by atoms with Gasteiger partial charge in [0.15, 0.2) is 6.10 Å². The Labute approximate surface area is 80.0 Å². The average Bonchev–Trinajstić information content (AvgIpc) is 2.14. The molecule has 1 aromatic rings. The molecule has 0 aliphatic rings. The Kier molecular flexibility index (Phi) is 3.02. The Bertz CT molecular complexity index is 355. The number of aliphatic hydroxyl groups is 2. The van der Waals surface area contributed by atoms with Gasteiger partial charge in [-0.3, -0.25) is 0 Å². The highest BCUT2D eigenvalue weighted by molar-refractivity contribution is 5.42. The second-order valence-electron chi connectivity index (χ2n) is 2.84. The van der Waals surface area contributed by atoms with Crippen LogP contribution in [0.4, 0.5) is 10.1 Å². The summed E-state index contributed by atoms with van der Waals surface area (Å²) < 4.78 is 12.8. The summed E-state index contributed by atoms with van der Waals surface area (Å²) in [6.45, 7) is 0. The summed E-state index contributed by atoms with van der Waals surface area (Å²) in [7, 11) is 0. The van der Waals surface area contributed by atoms with Crippen molar-refractivity contribution in [2.24, 2.45) is 0 Å². The van der Waals surface area contributed by atoms with Crippen LogP contribution in [0.3, 0.4) is 0 Å². The van der Waals surface area contributed by atoms with Crippen LogP contribution in [0.2, 0.25) is 0 Å². The maximum Gasteiger partial charge on any atom is 0.170 e. The minimum absolute atomic E-state index is 0.0801. The van der Waals surface area contributed by atoms with E-state index in [0.29, 0.717) is 0 Å². The molecule has 0 fully saturated rings. The van der Waals surface area contributed by atoms with Gasteiger partial charge in [0, 0.05) is 5.69 Å². The zero-order valence-corrected chi connectivity index (χ0v) is 7.18. The topological polar surface area (TPSA) is 90.3 Å². The van der Waals surface area contributed by atoms with E-state index in [1.54, 1.807) is 0 Å². The van der Waals surface area contributed by atoms with Crippen molar-refractivity contribution in [3.63, 3.8) is 0 Å². The number of nitrogens with zero attached hydrogens (tertiary/aromatic N) is 1. The molecule has 74 valence electrons. The Morgan fingerprint density at radius 2 is 2.00 bits per heavy atom. The number of nitriles is 1. The van der Waals surface area contributed by atoms with Crippen molar-refractivity contribution in [2.75, 3.05) is 5.73 Å². The minimum atomic E-state index is -1.59. The summed E-state index contributed by atoms with van der Waals surface area (Å²) in [6.07, 6.45) is -3.03. The highest BCUT2D eigenvalue weighted by Gasteiger charge is 2.18. The quantitative estimate of drug-likeness (QED) is 0.469. The van der Waals surface area contributed by atoms with Gasteiger partial charge in [0.25, 0.3) is 0 Å². The highest BCUT2D eigenvalue weighted by atomic mass is 19.1. The van der Waals surface area contributed by atoms with Crippen molar-refractivity contribution in [1.29, 1.82) is 5.26 Å². The molecule has 0 heterocycles. The summed E-state index contributed by atoms with van der Waals surface area (Å²) in [5.74, 6) is -0.621. The average molecular weight is 196 g/mol. The lowest BCUT2D eigenvalue weighted by molar-refractivity contribution is 0.0526. The number of halogens is 1. The third kappa shape index (κ3) is 2.19. The second-order valence-corrected chi connectivity index (χ2v) is 2.84. The van der Waals surface area contributed by atoms with Crippen molar-refractivity contribution in [3.8, 4) is 6.07 Å². The number of nitrogens with two attached hydrogens (primary N) is 1. The predicted molar refractivity (Wildman–Crippen MR) is 47.4 cm³/mol. The number of benzene rings is 1. The number of aliphatic hydroxyl groups excluding tert-OH is 2. The van der Waals surface area contributed by atoms with Crippen LogP contribution in [0.25, 0.3) is 0 Å². The molecule has 4 nitrogen and oxygen atoms in total. The number of anilines is 1. The van der Waals surface area contributed by atoms with Crippen LogP contribution in [0, 0.1) is 17.1 Å². The molecule has 0 radical (unpaired) electrons. The smallest absolute Gasteiger partial charge is 0.170 e. The first-order valence-electron chi connectivity index (χ1n) is 3.86. The van der Waals surface area contributed by atoms with Gasteiger partial charge >= 0.3 is 0 Å². The fraction of sp³-hybridized carbons (Fsp3) is 0.222. The van der Waals surface area contributed by atoms with Crippen LogP contribution in [0.15, 0.2) is 18.2 Å². The van der Waals surface area contributed by atoms with Crippen molar-refractivity contribution in [1.82, 2.24) is 0 Å². The molecule has 1 rings (SSSR count). The molecule has 2 atom stereocenters. The first-order valence-corrected chi connectivity index (χ1v) is 3.86. The van der Waals surface area contributed by atoms with Gasteiger partial charge in [-0.1, -0.05) is 0 Å². The maximum atomic E-state index is 12.8. The fourth-order valence-electron chi connectivity index (χ4n) is 1.06. The molecule has 14 heavy (non-hydrogen) atoms. The Hall–Kier alpha value is -1.64. The number of hydrogen-bond acceptors (Lipinski definition) is 4. The molecule has 0 saturated carbocycles. The van der Waals surface area contributed by atoms with Gasteiger partial charge in [-0.2, -0.15) is 5.26 Å². The van der Waals surface area contributed by atoms with E-state index in [2.05, 4.69) is 0 Å². The summed E-state index contributed by atoms with van der Waals surface area (Å²) in [4.78, 5) is 0. The maximum absolute atomic E-state index is 12.8. The lowest BCUT2D eigenvalue weighted by Crippen LogP contribution is -2.16. The molecule has 5 heteroatoms. The van der Waals surface area contributed by atoms with Gasteiger partial charge < -0.3 is 15.9 Å². The van der Waals surface area contributed by atoms with E-state index in [9.17, 15) is 9.50 Å². The predicted octanol–water partition coefficient (Wildman–Crippen LogP) is 0.326. The summed E-state index contributed by atoms with van der Waals surface area (Å²) in [6, 6.07) is 4.84. The van der Waals surface area contributed by atoms with Crippen LogP contribution in [-0.4, -0.2) is 16.3 Å². The fourth-order valence-corrected chi connectivity index (χ4v) is 1.06. The molecule has 0 aliphatic carbocycles. The number of rotatable bonds is 2. The van der Waals surface area contributed by atoms with Gasteiger partial charge in [-0.15, -0.1) is 0 Å². The van der Waals surface area contributed by atoms with Gasteiger partial charge in [0.05, 0.1) is 6.07 Å². The Morgan fingerprint density at radius 1 is 1.36 bits per heavy atom. The molecule has 0 aliphatic heterocycles. The van der Waals surface area contributed by atoms with Gasteiger partial charge in [0.2, 0.25) is 0 Å². The molecule has 0 aromatic heterocycles. The van der Waals surface area contributed by atoms with E-state index >= 15 is 0 Å². The molecular weight excluding hydrogens is 187 g/mol. The molecule has 1 aromatic carbocycles. The standard InChI is InChI=1S/C9H9FN2O2/c10-6-1-5(2-7(12)3-6)9(14)8(13)4-11/h1-3,8-9,13-14H,12H2. The van der Waals surface area contributed by atoms with Crippen molar-refractivity contribution < 1.29 is 14.6 Å². The van der Waals surface area contributed by atoms with Gasteiger partial charge in [-0.05, 0) is 23.8 Å². The normalized spacial score (nSPS) is 14.4. The summed E-state index contributed by atoms with van der Waals surface area (Å²) in [5.41, 5.74) is 5.53. The molecule has 2 unspecified atom stereocenters. The molecule has 0 amide bonds. The zero-order valence-electron chi connectivity index (χ0n) is 7.18. The molecule has 0 bridgehead atoms. The van der Waals surface area contributed by atoms with E-state index in [4.69, 9.17) is 16.1 Å². The van der Waals surface area contributed by atoms with Crippen LogP contribution in [0.5, 0.6) is 0 Å². The number of hydrogen-bond donors (Lipinski definition) is 3. The Morgan fingerprint density at radius 3 is 2.50 bits per heavy atom. The highest BCUT2D eigenvalue weighted by Crippen LogP contribution is 2.20. The SMILES string of the molecule is N#CC(O)C(O)c1cc(N)cc(F)c1. The summed E-state index contributed by atoms with van der Waals surface area (Å²) >= 11 is 0. The van der Waals surface area contributed by atoms with Crippen LogP contribution in [0.1, 0.15) is 11.7 Å². The van der Waals surface area contributed by atoms with E-state index in [0.717, 1.165) is 12.1 Å². The number of nitrogen functional groups attached to an aromatic ring is 1. The third-order valence-electron chi connectivity index (χ3n) is 1.72. The van der Waals surface area contributed by atoms with E-state index < -0.39 is 18.0 Å². The monoisotopic (exact) mass is 196 g/mol. The van der Waals surface area contributed by atoms with Gasteiger partial charge in [-0.25, -0.2) is 4.39 Å². The van der Waals surface area contributed by atoms with E-state index in [-0.39, 0.29) is 11.3 Å². The van der Waals surface area contributed by atoms with Crippen LogP contribution < -0.4 is 5.73 Å². The molecule has 4 N–H and O–H groups in total. The Balaban J connectivity index is 3.02. The zero-order chi connectivity index (χ0) is 10.7. The van der Waals surface area contributed by atoms with Gasteiger partial charge in [0.1, 0.15) is 11.9 Å². The lowest BCUT2D eigenvalue weighted by Gasteiger charge is -2.12. The molecular formula is C9H9FN2O2. The lowest BCUT2D eigenvalue weighted by atomic mass is 10.0. The van der Waals surface area contributed by atoms with Crippen LogP contribution >= 0.6 is 0 Å². The van der Waals surface area contributed by atoms with Crippen molar-refractivity contribution >= 4 is 5.69 Å². The third-order valence-corrected chi connectivity index (χ3v) is 1.72. The first-order chi connectivity index (χ1) is 6.54. The summed E-state index contributed by atoms with van der Waals surface area (Å²) in [5, 5.41) is 26.7. The van der Waals surface area contributed by atoms with Crippen molar-refractivity contribution in [2.45, 2.75) is 12.2 Å². The van der Waals surface area contributed by atoms with E-state index in [1.165, 1.54) is 12.1 Å². The van der Waals surface area contributed by atoms with Crippen LogP contribution in [-0.2, 0) is 0 Å². The molecule has 0 saturated heterocycles. The minimum Gasteiger partial charge on any atom is -0.399 e. The first kappa shape index (κ1) is 10.4. The van der Waals surface area contributed by atoms with Crippen molar-refractivity contribution in [3.05, 3.63) is 29.6 Å². The largest absolute Gasteiger partial charge is 0.399 e. The molecule has 0 spiro atoms. The second kappa shape index (κ2) is 4.05. The van der Waals surface area contributed by atoms with E-state index in [1.807, 2.05) is 0 Å².